The van der Waals surface area contributed by atoms with Gasteiger partial charge in [-0.1, -0.05) is 37.3 Å². The molecule has 1 aromatic rings. The number of hydrogen-bond donors (Lipinski definition) is 1. The minimum absolute atomic E-state index is 0.143. The molecule has 0 aromatic heterocycles. The van der Waals surface area contributed by atoms with Crippen LogP contribution in [0.15, 0.2) is 30.3 Å². The van der Waals surface area contributed by atoms with Gasteiger partial charge in [0.2, 0.25) is 0 Å². The van der Waals surface area contributed by atoms with Crippen molar-refractivity contribution >= 4 is 0 Å². The summed E-state index contributed by atoms with van der Waals surface area (Å²) in [6, 6.07) is 11.3. The second-order valence-corrected chi connectivity index (χ2v) is 5.50. The third kappa shape index (κ3) is 3.30. The van der Waals surface area contributed by atoms with Gasteiger partial charge in [-0.2, -0.15) is 0 Å². The van der Waals surface area contributed by atoms with Crippen LogP contribution in [0.1, 0.15) is 38.3 Å². The van der Waals surface area contributed by atoms with Crippen LogP contribution in [0.3, 0.4) is 0 Å². The van der Waals surface area contributed by atoms with E-state index in [0.717, 1.165) is 12.5 Å². The average molecular weight is 232 g/mol. The summed E-state index contributed by atoms with van der Waals surface area (Å²) in [7, 11) is 0. The van der Waals surface area contributed by atoms with Gasteiger partial charge < -0.3 is 5.73 Å². The Morgan fingerprint density at radius 3 is 2.65 bits per heavy atom. The zero-order valence-electron chi connectivity index (χ0n) is 11.0. The first-order valence-corrected chi connectivity index (χ1v) is 6.71. The number of hydrogen-bond acceptors (Lipinski definition) is 2. The van der Waals surface area contributed by atoms with Crippen LogP contribution >= 0.6 is 0 Å². The number of benzene rings is 1. The van der Waals surface area contributed by atoms with Crippen LogP contribution in [0, 0.1) is 5.92 Å². The topological polar surface area (TPSA) is 29.3 Å². The first-order valence-electron chi connectivity index (χ1n) is 6.71. The van der Waals surface area contributed by atoms with Crippen molar-refractivity contribution in [3.05, 3.63) is 35.9 Å². The average Bonchev–Trinajstić information content (AvgIpc) is 2.35. The molecule has 2 heteroatoms. The fourth-order valence-corrected chi connectivity index (χ4v) is 2.69. The van der Waals surface area contributed by atoms with Gasteiger partial charge in [0, 0.05) is 25.2 Å². The van der Waals surface area contributed by atoms with E-state index < -0.39 is 0 Å². The highest BCUT2D eigenvalue weighted by atomic mass is 15.2. The fourth-order valence-electron chi connectivity index (χ4n) is 2.69. The van der Waals surface area contributed by atoms with Crippen LogP contribution in [0.2, 0.25) is 0 Å². The molecule has 1 aromatic carbocycles. The van der Waals surface area contributed by atoms with E-state index >= 15 is 0 Å². The molecule has 0 radical (unpaired) electrons. The Bertz CT molecular complexity index is 336. The Balaban J connectivity index is 1.96. The van der Waals surface area contributed by atoms with Crippen molar-refractivity contribution in [3.8, 4) is 0 Å². The van der Waals surface area contributed by atoms with Crippen molar-refractivity contribution in [2.45, 2.75) is 38.8 Å². The maximum atomic E-state index is 6.29. The predicted octanol–water partition coefficient (Wildman–Crippen LogP) is 2.81. The molecule has 0 spiro atoms. The Morgan fingerprint density at radius 1 is 1.24 bits per heavy atom. The molecule has 0 bridgehead atoms. The van der Waals surface area contributed by atoms with Crippen molar-refractivity contribution in [2.24, 2.45) is 11.7 Å². The maximum Gasteiger partial charge on any atom is 0.0424 e. The molecule has 0 saturated carbocycles. The van der Waals surface area contributed by atoms with E-state index in [1.807, 2.05) is 6.07 Å². The third-order valence-corrected chi connectivity index (χ3v) is 3.91. The minimum Gasteiger partial charge on any atom is -0.323 e. The molecule has 1 saturated heterocycles. The highest BCUT2D eigenvalue weighted by Crippen LogP contribution is 2.23. The number of likely N-dealkylation sites (tertiary alicyclic amines) is 1. The second-order valence-electron chi connectivity index (χ2n) is 5.50. The lowest BCUT2D eigenvalue weighted by Crippen LogP contribution is -2.44. The molecule has 2 nitrogen and oxygen atoms in total. The number of nitrogens with zero attached hydrogens (tertiary/aromatic N) is 1. The molecule has 3 unspecified atom stereocenters. The van der Waals surface area contributed by atoms with Crippen LogP contribution in [0.25, 0.3) is 0 Å². The lowest BCUT2D eigenvalue weighted by Gasteiger charge is -2.38. The van der Waals surface area contributed by atoms with Crippen molar-refractivity contribution in [3.63, 3.8) is 0 Å². The summed E-state index contributed by atoms with van der Waals surface area (Å²) < 4.78 is 0. The van der Waals surface area contributed by atoms with Gasteiger partial charge in [0.25, 0.3) is 0 Å². The van der Waals surface area contributed by atoms with Crippen molar-refractivity contribution in [1.82, 2.24) is 4.90 Å². The molecule has 1 aliphatic heterocycles. The van der Waals surface area contributed by atoms with E-state index in [0.29, 0.717) is 6.04 Å². The standard InChI is InChI=1S/C15H24N2/c1-12-8-9-13(2)17(10-12)11-15(16)14-6-4-3-5-7-14/h3-7,12-13,15H,8-11,16H2,1-2H3. The van der Waals surface area contributed by atoms with Crippen LogP contribution in [0.4, 0.5) is 0 Å². The Labute approximate surface area is 105 Å². The van der Waals surface area contributed by atoms with Crippen molar-refractivity contribution in [1.29, 1.82) is 0 Å². The molecule has 2 rings (SSSR count). The summed E-state index contributed by atoms with van der Waals surface area (Å²) in [5.74, 6) is 0.814. The first-order chi connectivity index (χ1) is 8.16. The maximum absolute atomic E-state index is 6.29. The van der Waals surface area contributed by atoms with Gasteiger partial charge in [0.05, 0.1) is 0 Å². The van der Waals surface area contributed by atoms with Gasteiger partial charge in [-0.3, -0.25) is 4.90 Å². The van der Waals surface area contributed by atoms with E-state index in [1.54, 1.807) is 0 Å². The van der Waals surface area contributed by atoms with Gasteiger partial charge in [0.15, 0.2) is 0 Å². The molecular weight excluding hydrogens is 208 g/mol. The zero-order valence-corrected chi connectivity index (χ0v) is 11.0. The fraction of sp³-hybridized carbons (Fsp3) is 0.600. The molecule has 1 heterocycles. The summed E-state index contributed by atoms with van der Waals surface area (Å²) in [6.07, 6.45) is 2.67. The van der Waals surface area contributed by atoms with Crippen LogP contribution < -0.4 is 5.73 Å². The van der Waals surface area contributed by atoms with E-state index in [-0.39, 0.29) is 6.04 Å². The second kappa shape index (κ2) is 5.65. The molecule has 0 aliphatic carbocycles. The zero-order chi connectivity index (χ0) is 12.3. The van der Waals surface area contributed by atoms with E-state index in [1.165, 1.54) is 24.9 Å². The number of piperidine rings is 1. The minimum atomic E-state index is 0.143. The normalized spacial score (nSPS) is 27.9. The van der Waals surface area contributed by atoms with Gasteiger partial charge in [-0.05, 0) is 31.2 Å². The van der Waals surface area contributed by atoms with Crippen molar-refractivity contribution < 1.29 is 0 Å². The first kappa shape index (κ1) is 12.6. The van der Waals surface area contributed by atoms with Crippen LogP contribution in [-0.4, -0.2) is 24.0 Å². The summed E-state index contributed by atoms with van der Waals surface area (Å²) in [6.45, 7) is 6.84. The van der Waals surface area contributed by atoms with Crippen LogP contribution in [-0.2, 0) is 0 Å². The molecule has 17 heavy (non-hydrogen) atoms. The van der Waals surface area contributed by atoms with Gasteiger partial charge in [0.1, 0.15) is 0 Å². The number of rotatable bonds is 3. The van der Waals surface area contributed by atoms with E-state index in [9.17, 15) is 0 Å². The number of nitrogens with two attached hydrogens (primary N) is 1. The summed E-state index contributed by atoms with van der Waals surface area (Å²) in [5.41, 5.74) is 7.54. The monoisotopic (exact) mass is 232 g/mol. The molecule has 94 valence electrons. The summed E-state index contributed by atoms with van der Waals surface area (Å²) in [4.78, 5) is 2.55. The van der Waals surface area contributed by atoms with Crippen molar-refractivity contribution in [2.75, 3.05) is 13.1 Å². The van der Waals surface area contributed by atoms with E-state index in [4.69, 9.17) is 5.73 Å². The molecule has 0 amide bonds. The van der Waals surface area contributed by atoms with E-state index in [2.05, 4.69) is 43.0 Å². The Morgan fingerprint density at radius 2 is 1.94 bits per heavy atom. The molecule has 1 fully saturated rings. The molecular formula is C15H24N2. The van der Waals surface area contributed by atoms with Gasteiger partial charge in [-0.25, -0.2) is 0 Å². The summed E-state index contributed by atoms with van der Waals surface area (Å²) >= 11 is 0. The smallest absolute Gasteiger partial charge is 0.0424 e. The Hall–Kier alpha value is -0.860. The molecule has 2 N–H and O–H groups in total. The third-order valence-electron chi connectivity index (χ3n) is 3.91. The van der Waals surface area contributed by atoms with Gasteiger partial charge >= 0.3 is 0 Å². The summed E-state index contributed by atoms with van der Waals surface area (Å²) in [5, 5.41) is 0. The highest BCUT2D eigenvalue weighted by Gasteiger charge is 2.24. The molecule has 3 atom stereocenters. The highest BCUT2D eigenvalue weighted by molar-refractivity contribution is 5.18. The predicted molar refractivity (Wildman–Crippen MR) is 72.8 cm³/mol. The lowest BCUT2D eigenvalue weighted by molar-refractivity contribution is 0.117. The quantitative estimate of drug-likeness (QED) is 0.868. The Kier molecular flexibility index (Phi) is 4.19. The van der Waals surface area contributed by atoms with Gasteiger partial charge in [-0.15, -0.1) is 0 Å². The largest absolute Gasteiger partial charge is 0.323 e. The molecule has 1 aliphatic rings. The van der Waals surface area contributed by atoms with Crippen LogP contribution in [0.5, 0.6) is 0 Å². The lowest BCUT2D eigenvalue weighted by atomic mass is 9.94. The SMILES string of the molecule is CC1CCC(C)N(CC(N)c2ccccc2)C1.